The largest absolute Gasteiger partial charge is 0.490 e. The number of aliphatic hydroxyl groups is 1. The van der Waals surface area contributed by atoms with Gasteiger partial charge in [-0.25, -0.2) is 0 Å². The molecule has 0 heterocycles. The minimum absolute atomic E-state index is 0.123. The molecular weight excluding hydrogens is 307 g/mol. The van der Waals surface area contributed by atoms with Gasteiger partial charge in [0.25, 0.3) is 0 Å². The van der Waals surface area contributed by atoms with Crippen molar-refractivity contribution < 1.29 is 23.0 Å². The molecule has 0 bridgehead atoms. The van der Waals surface area contributed by atoms with Gasteiger partial charge in [-0.2, -0.15) is 13.2 Å². The number of rotatable bonds is 7. The van der Waals surface area contributed by atoms with Crippen LogP contribution >= 0.6 is 11.6 Å². The summed E-state index contributed by atoms with van der Waals surface area (Å²) in [5.74, 6) is 0.277. The maximum atomic E-state index is 12.3. The zero-order valence-corrected chi connectivity index (χ0v) is 12.6. The fourth-order valence-electron chi connectivity index (χ4n) is 1.72. The summed E-state index contributed by atoms with van der Waals surface area (Å²) in [6.45, 7) is 3.79. The van der Waals surface area contributed by atoms with Crippen molar-refractivity contribution in [2.75, 3.05) is 13.2 Å². The summed E-state index contributed by atoms with van der Waals surface area (Å²) < 4.78 is 41.9. The Morgan fingerprint density at radius 2 is 2.05 bits per heavy atom. The summed E-state index contributed by atoms with van der Waals surface area (Å²) in [7, 11) is 0. The van der Waals surface area contributed by atoms with E-state index in [9.17, 15) is 13.2 Å². The van der Waals surface area contributed by atoms with E-state index in [2.05, 4.69) is 5.32 Å². The molecule has 1 rings (SSSR count). The molecule has 0 aliphatic rings. The van der Waals surface area contributed by atoms with Crippen molar-refractivity contribution in [3.8, 4) is 5.75 Å². The standard InChI is InChI=1S/C14H19ClF3NO2/c1-3-6-19-9(2)11-7-10(15)4-5-12(11)21-8-13(20)14(16,17)18/h4-5,7,9,13,19-20H,3,6,8H2,1-2H3. The van der Waals surface area contributed by atoms with Gasteiger partial charge >= 0.3 is 6.18 Å². The molecule has 2 atom stereocenters. The van der Waals surface area contributed by atoms with Crippen LogP contribution in [0.5, 0.6) is 5.75 Å². The van der Waals surface area contributed by atoms with Crippen LogP contribution in [-0.4, -0.2) is 30.5 Å². The van der Waals surface area contributed by atoms with E-state index in [4.69, 9.17) is 21.4 Å². The monoisotopic (exact) mass is 325 g/mol. The van der Waals surface area contributed by atoms with Crippen LogP contribution in [0.4, 0.5) is 13.2 Å². The fraction of sp³-hybridized carbons (Fsp3) is 0.571. The smallest absolute Gasteiger partial charge is 0.417 e. The van der Waals surface area contributed by atoms with Crippen LogP contribution in [0, 0.1) is 0 Å². The fourth-order valence-corrected chi connectivity index (χ4v) is 1.90. The van der Waals surface area contributed by atoms with Crippen molar-refractivity contribution in [2.24, 2.45) is 0 Å². The van der Waals surface area contributed by atoms with Crippen LogP contribution in [-0.2, 0) is 0 Å². The highest BCUT2D eigenvalue weighted by Crippen LogP contribution is 2.29. The zero-order valence-electron chi connectivity index (χ0n) is 11.9. The van der Waals surface area contributed by atoms with Gasteiger partial charge in [0.2, 0.25) is 0 Å². The van der Waals surface area contributed by atoms with E-state index in [1.165, 1.54) is 12.1 Å². The molecule has 0 spiro atoms. The van der Waals surface area contributed by atoms with E-state index >= 15 is 0 Å². The van der Waals surface area contributed by atoms with Crippen molar-refractivity contribution in [3.63, 3.8) is 0 Å². The molecule has 3 nitrogen and oxygen atoms in total. The number of halogens is 4. The molecule has 2 N–H and O–H groups in total. The maximum Gasteiger partial charge on any atom is 0.417 e. The number of ether oxygens (including phenoxy) is 1. The normalized spacial score (nSPS) is 14.8. The van der Waals surface area contributed by atoms with E-state index in [0.29, 0.717) is 10.6 Å². The lowest BCUT2D eigenvalue weighted by Gasteiger charge is -2.20. The molecule has 2 unspecified atom stereocenters. The summed E-state index contributed by atoms with van der Waals surface area (Å²) in [5.41, 5.74) is 0.658. The SMILES string of the molecule is CCCNC(C)c1cc(Cl)ccc1OCC(O)C(F)(F)F. The van der Waals surface area contributed by atoms with Gasteiger partial charge in [-0.1, -0.05) is 18.5 Å². The maximum absolute atomic E-state index is 12.3. The summed E-state index contributed by atoms with van der Waals surface area (Å²) in [6, 6.07) is 4.56. The highest BCUT2D eigenvalue weighted by molar-refractivity contribution is 6.30. The molecule has 0 aliphatic heterocycles. The van der Waals surface area contributed by atoms with Crippen LogP contribution in [0.1, 0.15) is 31.9 Å². The summed E-state index contributed by atoms with van der Waals surface area (Å²) in [4.78, 5) is 0. The average molecular weight is 326 g/mol. The molecule has 21 heavy (non-hydrogen) atoms. The Balaban J connectivity index is 2.82. The Labute approximate surface area is 127 Å². The first kappa shape index (κ1) is 18.1. The zero-order chi connectivity index (χ0) is 16.0. The molecule has 0 radical (unpaired) electrons. The number of alkyl halides is 3. The van der Waals surface area contributed by atoms with Gasteiger partial charge in [0.05, 0.1) is 0 Å². The lowest BCUT2D eigenvalue weighted by molar-refractivity contribution is -0.210. The quantitative estimate of drug-likeness (QED) is 0.803. The topological polar surface area (TPSA) is 41.5 Å². The molecule has 1 aromatic rings. The third-order valence-electron chi connectivity index (χ3n) is 2.91. The minimum atomic E-state index is -4.70. The van der Waals surface area contributed by atoms with E-state index in [1.54, 1.807) is 6.07 Å². The van der Waals surface area contributed by atoms with Crippen molar-refractivity contribution in [1.82, 2.24) is 5.32 Å². The highest BCUT2D eigenvalue weighted by atomic mass is 35.5. The Morgan fingerprint density at radius 3 is 2.62 bits per heavy atom. The summed E-state index contributed by atoms with van der Waals surface area (Å²) in [6.07, 6.45) is -6.29. The van der Waals surface area contributed by atoms with Gasteiger partial charge in [0, 0.05) is 16.6 Å². The molecule has 0 aliphatic carbocycles. The molecule has 0 aromatic heterocycles. The lowest BCUT2D eigenvalue weighted by atomic mass is 10.1. The molecule has 120 valence electrons. The molecule has 1 aromatic carbocycles. The molecule has 0 saturated heterocycles. The Hall–Kier alpha value is -0.980. The Morgan fingerprint density at radius 1 is 1.38 bits per heavy atom. The number of aliphatic hydroxyl groups excluding tert-OH is 1. The van der Waals surface area contributed by atoms with Crippen LogP contribution in [0.3, 0.4) is 0 Å². The predicted molar refractivity (Wildman–Crippen MR) is 75.7 cm³/mol. The second-order valence-corrected chi connectivity index (χ2v) is 5.16. The molecule has 7 heteroatoms. The number of nitrogens with one attached hydrogen (secondary N) is 1. The third-order valence-corrected chi connectivity index (χ3v) is 3.15. The van der Waals surface area contributed by atoms with Crippen molar-refractivity contribution in [1.29, 1.82) is 0 Å². The van der Waals surface area contributed by atoms with Gasteiger partial charge in [0.15, 0.2) is 6.10 Å². The van der Waals surface area contributed by atoms with Crippen molar-refractivity contribution in [3.05, 3.63) is 28.8 Å². The second-order valence-electron chi connectivity index (χ2n) is 4.73. The molecule has 0 saturated carbocycles. The average Bonchev–Trinajstić information content (AvgIpc) is 2.41. The number of benzene rings is 1. The molecule has 0 fully saturated rings. The van der Waals surface area contributed by atoms with E-state index in [1.807, 2.05) is 13.8 Å². The second kappa shape index (κ2) is 7.87. The van der Waals surface area contributed by atoms with Gasteiger partial charge in [0.1, 0.15) is 12.4 Å². The van der Waals surface area contributed by atoms with Crippen LogP contribution in [0.15, 0.2) is 18.2 Å². The van der Waals surface area contributed by atoms with Gasteiger partial charge in [-0.3, -0.25) is 0 Å². The molecule has 0 amide bonds. The third kappa shape index (κ3) is 5.73. The predicted octanol–water partition coefficient (Wildman–Crippen LogP) is 3.70. The van der Waals surface area contributed by atoms with Gasteiger partial charge in [-0.15, -0.1) is 0 Å². The Kier molecular flexibility index (Phi) is 6.77. The van der Waals surface area contributed by atoms with Crippen LogP contribution < -0.4 is 10.1 Å². The van der Waals surface area contributed by atoms with Crippen molar-refractivity contribution >= 4 is 11.6 Å². The van der Waals surface area contributed by atoms with Gasteiger partial charge in [-0.05, 0) is 38.1 Å². The first-order valence-electron chi connectivity index (χ1n) is 6.66. The summed E-state index contributed by atoms with van der Waals surface area (Å²) in [5, 5.41) is 12.7. The minimum Gasteiger partial charge on any atom is -0.490 e. The van der Waals surface area contributed by atoms with Gasteiger partial charge < -0.3 is 15.2 Å². The first-order chi connectivity index (χ1) is 9.75. The molecular formula is C14H19ClF3NO2. The number of hydrogen-bond acceptors (Lipinski definition) is 3. The first-order valence-corrected chi connectivity index (χ1v) is 7.04. The lowest BCUT2D eigenvalue weighted by Crippen LogP contribution is -2.34. The van der Waals surface area contributed by atoms with E-state index in [-0.39, 0.29) is 11.8 Å². The van der Waals surface area contributed by atoms with E-state index in [0.717, 1.165) is 13.0 Å². The van der Waals surface area contributed by atoms with Crippen molar-refractivity contribution in [2.45, 2.75) is 38.6 Å². The number of hydrogen-bond donors (Lipinski definition) is 2. The Bertz CT molecular complexity index is 454. The van der Waals surface area contributed by atoms with Crippen LogP contribution in [0.25, 0.3) is 0 Å². The van der Waals surface area contributed by atoms with E-state index < -0.39 is 18.9 Å². The van der Waals surface area contributed by atoms with Crippen LogP contribution in [0.2, 0.25) is 5.02 Å². The summed E-state index contributed by atoms with van der Waals surface area (Å²) >= 11 is 5.92. The highest BCUT2D eigenvalue weighted by Gasteiger charge is 2.38.